The van der Waals surface area contributed by atoms with Crippen LogP contribution in [0.25, 0.3) is 0 Å². The van der Waals surface area contributed by atoms with Crippen molar-refractivity contribution in [1.82, 2.24) is 9.80 Å². The van der Waals surface area contributed by atoms with Gasteiger partial charge in [0.25, 0.3) is 0 Å². The van der Waals surface area contributed by atoms with Crippen molar-refractivity contribution in [1.29, 1.82) is 0 Å². The zero-order valence-electron chi connectivity index (χ0n) is 10.6. The molecule has 1 aliphatic heterocycles. The van der Waals surface area contributed by atoms with Gasteiger partial charge < -0.3 is 0 Å². The summed E-state index contributed by atoms with van der Waals surface area (Å²) in [5.74, 6) is 0. The van der Waals surface area contributed by atoms with Crippen molar-refractivity contribution in [3.8, 4) is 0 Å². The van der Waals surface area contributed by atoms with Gasteiger partial charge in [-0.25, -0.2) is 0 Å². The van der Waals surface area contributed by atoms with Gasteiger partial charge in [0.15, 0.2) is 0 Å². The van der Waals surface area contributed by atoms with Gasteiger partial charge in [0.05, 0.1) is 0 Å². The lowest BCUT2D eigenvalue weighted by Crippen LogP contribution is -2.54. The van der Waals surface area contributed by atoms with Crippen molar-refractivity contribution >= 4 is 0 Å². The lowest BCUT2D eigenvalue weighted by molar-refractivity contribution is 0.0556. The first kappa shape index (κ1) is 11.6. The molecule has 0 aromatic heterocycles. The standard InChI is InChI=1S/C14H22N2/c1-12-9-16(10-13(2)15(12)3)11-14-7-5-4-6-8-14/h4-8,12-13H,9-11H2,1-3H3/t12-,13-/m0/s1. The Morgan fingerprint density at radius 3 is 2.19 bits per heavy atom. The maximum Gasteiger partial charge on any atom is 0.0235 e. The summed E-state index contributed by atoms with van der Waals surface area (Å²) in [5.41, 5.74) is 1.42. The van der Waals surface area contributed by atoms with E-state index >= 15 is 0 Å². The van der Waals surface area contributed by atoms with Crippen LogP contribution in [-0.4, -0.2) is 42.0 Å². The molecule has 88 valence electrons. The Balaban J connectivity index is 1.97. The molecule has 0 aliphatic carbocycles. The van der Waals surface area contributed by atoms with Crippen LogP contribution in [0.3, 0.4) is 0 Å². The fourth-order valence-electron chi connectivity index (χ4n) is 2.48. The number of likely N-dealkylation sites (N-methyl/N-ethyl adjacent to an activating group) is 1. The summed E-state index contributed by atoms with van der Waals surface area (Å²) >= 11 is 0. The molecule has 0 spiro atoms. The molecule has 0 N–H and O–H groups in total. The number of piperazine rings is 1. The third-order valence-electron chi connectivity index (χ3n) is 3.68. The molecule has 0 unspecified atom stereocenters. The van der Waals surface area contributed by atoms with Crippen LogP contribution in [0.1, 0.15) is 19.4 Å². The van der Waals surface area contributed by atoms with Gasteiger partial charge in [0.2, 0.25) is 0 Å². The Hall–Kier alpha value is -0.860. The topological polar surface area (TPSA) is 6.48 Å². The fourth-order valence-corrected chi connectivity index (χ4v) is 2.48. The predicted molar refractivity (Wildman–Crippen MR) is 68.4 cm³/mol. The summed E-state index contributed by atoms with van der Waals surface area (Å²) in [4.78, 5) is 5.03. The molecule has 1 fully saturated rings. The van der Waals surface area contributed by atoms with E-state index in [4.69, 9.17) is 0 Å². The van der Waals surface area contributed by atoms with Gasteiger partial charge in [-0.1, -0.05) is 30.3 Å². The molecular formula is C14H22N2. The molecule has 2 heteroatoms. The summed E-state index contributed by atoms with van der Waals surface area (Å²) in [6, 6.07) is 12.1. The van der Waals surface area contributed by atoms with Crippen molar-refractivity contribution in [2.24, 2.45) is 0 Å². The van der Waals surface area contributed by atoms with Crippen LogP contribution in [0.5, 0.6) is 0 Å². The monoisotopic (exact) mass is 218 g/mol. The van der Waals surface area contributed by atoms with E-state index in [1.807, 2.05) is 0 Å². The van der Waals surface area contributed by atoms with Crippen molar-refractivity contribution in [2.75, 3.05) is 20.1 Å². The number of benzene rings is 1. The largest absolute Gasteiger partial charge is 0.298 e. The van der Waals surface area contributed by atoms with Gasteiger partial charge in [-0.15, -0.1) is 0 Å². The molecule has 2 atom stereocenters. The first-order valence-electron chi connectivity index (χ1n) is 6.15. The quantitative estimate of drug-likeness (QED) is 0.751. The molecule has 1 aromatic rings. The van der Waals surface area contributed by atoms with Gasteiger partial charge in [0, 0.05) is 31.7 Å². The molecule has 0 saturated carbocycles. The fraction of sp³-hybridized carbons (Fsp3) is 0.571. The van der Waals surface area contributed by atoms with E-state index < -0.39 is 0 Å². The molecule has 1 heterocycles. The molecule has 0 bridgehead atoms. The van der Waals surface area contributed by atoms with E-state index in [-0.39, 0.29) is 0 Å². The molecule has 2 nitrogen and oxygen atoms in total. The van der Waals surface area contributed by atoms with Crippen molar-refractivity contribution in [3.63, 3.8) is 0 Å². The van der Waals surface area contributed by atoms with Gasteiger partial charge in [-0.05, 0) is 26.5 Å². The Morgan fingerprint density at radius 1 is 1.06 bits per heavy atom. The maximum atomic E-state index is 2.56. The van der Waals surface area contributed by atoms with E-state index in [1.54, 1.807) is 0 Å². The molecule has 1 saturated heterocycles. The SMILES string of the molecule is C[C@H]1CN(Cc2ccccc2)C[C@H](C)N1C. The number of nitrogens with zero attached hydrogens (tertiary/aromatic N) is 2. The molecule has 1 aromatic carbocycles. The third-order valence-corrected chi connectivity index (χ3v) is 3.68. The lowest BCUT2D eigenvalue weighted by Gasteiger charge is -2.42. The lowest BCUT2D eigenvalue weighted by atomic mass is 10.1. The smallest absolute Gasteiger partial charge is 0.0235 e. The number of hydrogen-bond donors (Lipinski definition) is 0. The van der Waals surface area contributed by atoms with Crippen LogP contribution in [0.4, 0.5) is 0 Å². The molecule has 0 radical (unpaired) electrons. The van der Waals surface area contributed by atoms with Crippen LogP contribution < -0.4 is 0 Å². The van der Waals surface area contributed by atoms with Gasteiger partial charge >= 0.3 is 0 Å². The zero-order chi connectivity index (χ0) is 11.5. The van der Waals surface area contributed by atoms with Crippen molar-refractivity contribution in [3.05, 3.63) is 35.9 Å². The highest BCUT2D eigenvalue weighted by molar-refractivity contribution is 5.14. The second-order valence-corrected chi connectivity index (χ2v) is 5.04. The Labute approximate surface area is 98.9 Å². The Morgan fingerprint density at radius 2 is 1.62 bits per heavy atom. The van der Waals surface area contributed by atoms with Crippen LogP contribution in [0, 0.1) is 0 Å². The van der Waals surface area contributed by atoms with E-state index in [9.17, 15) is 0 Å². The molecule has 1 aliphatic rings. The zero-order valence-corrected chi connectivity index (χ0v) is 10.6. The summed E-state index contributed by atoms with van der Waals surface area (Å²) in [6.45, 7) is 8.07. The van der Waals surface area contributed by atoms with E-state index in [0.29, 0.717) is 12.1 Å². The summed E-state index contributed by atoms with van der Waals surface area (Å²) in [5, 5.41) is 0. The maximum absolute atomic E-state index is 2.56. The number of hydrogen-bond acceptors (Lipinski definition) is 2. The summed E-state index contributed by atoms with van der Waals surface area (Å²) < 4.78 is 0. The minimum Gasteiger partial charge on any atom is -0.298 e. The first-order chi connectivity index (χ1) is 7.66. The minimum absolute atomic E-state index is 0.660. The van der Waals surface area contributed by atoms with Crippen LogP contribution >= 0.6 is 0 Å². The molecule has 2 rings (SSSR count). The number of rotatable bonds is 2. The van der Waals surface area contributed by atoms with Gasteiger partial charge in [-0.3, -0.25) is 9.80 Å². The predicted octanol–water partition coefficient (Wildman–Crippen LogP) is 2.21. The van der Waals surface area contributed by atoms with Crippen molar-refractivity contribution in [2.45, 2.75) is 32.5 Å². The highest BCUT2D eigenvalue weighted by atomic mass is 15.3. The van der Waals surface area contributed by atoms with Crippen LogP contribution in [-0.2, 0) is 6.54 Å². The molecular weight excluding hydrogens is 196 g/mol. The van der Waals surface area contributed by atoms with E-state index in [1.165, 1.54) is 18.7 Å². The van der Waals surface area contributed by atoms with Gasteiger partial charge in [-0.2, -0.15) is 0 Å². The van der Waals surface area contributed by atoms with E-state index in [0.717, 1.165) is 6.54 Å². The third kappa shape index (κ3) is 2.63. The Kier molecular flexibility index (Phi) is 3.62. The molecule has 16 heavy (non-hydrogen) atoms. The van der Waals surface area contributed by atoms with Crippen molar-refractivity contribution < 1.29 is 0 Å². The average molecular weight is 218 g/mol. The van der Waals surface area contributed by atoms with Crippen LogP contribution in [0.15, 0.2) is 30.3 Å². The molecule has 0 amide bonds. The highest BCUT2D eigenvalue weighted by Gasteiger charge is 2.25. The van der Waals surface area contributed by atoms with E-state index in [2.05, 4.69) is 61.0 Å². The van der Waals surface area contributed by atoms with Crippen LogP contribution in [0.2, 0.25) is 0 Å². The second kappa shape index (κ2) is 4.98. The second-order valence-electron chi connectivity index (χ2n) is 5.04. The first-order valence-corrected chi connectivity index (χ1v) is 6.15. The van der Waals surface area contributed by atoms with Gasteiger partial charge in [0.1, 0.15) is 0 Å². The normalized spacial score (nSPS) is 28.2. The Bertz CT molecular complexity index is 311. The average Bonchev–Trinajstić information content (AvgIpc) is 2.27. The summed E-state index contributed by atoms with van der Waals surface area (Å²) in [6.07, 6.45) is 0. The summed E-state index contributed by atoms with van der Waals surface area (Å²) in [7, 11) is 2.23. The minimum atomic E-state index is 0.660. The highest BCUT2D eigenvalue weighted by Crippen LogP contribution is 2.15.